The molecule has 2 atom stereocenters. The zero-order valence-electron chi connectivity index (χ0n) is 9.57. The Morgan fingerprint density at radius 1 is 0.762 bits per heavy atom. The quantitative estimate of drug-likeness (QED) is 0.274. The van der Waals surface area contributed by atoms with E-state index in [1.807, 2.05) is 0 Å². The van der Waals surface area contributed by atoms with Crippen molar-refractivity contribution in [3.8, 4) is 5.75 Å². The second-order valence-corrected chi connectivity index (χ2v) is 6.39. The van der Waals surface area contributed by atoms with Crippen molar-refractivity contribution in [2.75, 3.05) is 6.79 Å². The van der Waals surface area contributed by atoms with Gasteiger partial charge in [0.25, 0.3) is 0 Å². The maximum absolute atomic E-state index is 9.69. The summed E-state index contributed by atoms with van der Waals surface area (Å²) in [6.07, 6.45) is 0. The van der Waals surface area contributed by atoms with Gasteiger partial charge in [-0.15, -0.1) is 0 Å². The van der Waals surface area contributed by atoms with E-state index >= 15 is 0 Å². The number of aromatic hydroxyl groups is 1. The normalized spacial score (nSPS) is 13.3. The highest BCUT2D eigenvalue weighted by Gasteiger charge is 2.18. The molecule has 0 amide bonds. The van der Waals surface area contributed by atoms with Crippen LogP contribution in [-0.4, -0.2) is 21.7 Å². The lowest BCUT2D eigenvalue weighted by Gasteiger charge is -2.06. The number of benzene rings is 1. The molecule has 21 heavy (non-hydrogen) atoms. The fourth-order valence-electron chi connectivity index (χ4n) is 0.724. The highest BCUT2D eigenvalue weighted by molar-refractivity contribution is 7.32. The van der Waals surface area contributed by atoms with Crippen LogP contribution in [0.1, 0.15) is 0 Å². The van der Waals surface area contributed by atoms with E-state index in [9.17, 15) is 14.2 Å². The lowest BCUT2D eigenvalue weighted by molar-refractivity contribution is 0.110. The van der Waals surface area contributed by atoms with E-state index in [2.05, 4.69) is 9.05 Å². The maximum atomic E-state index is 9.69. The van der Waals surface area contributed by atoms with E-state index < -0.39 is 23.3 Å². The topological polar surface area (TPSA) is 113 Å². The number of phenols is 1. The minimum absolute atomic E-state index is 0.00904. The van der Waals surface area contributed by atoms with Gasteiger partial charge < -0.3 is 14.9 Å². The zero-order valence-corrected chi connectivity index (χ0v) is 15.4. The molecule has 0 aliphatic rings. The van der Waals surface area contributed by atoms with Crippen LogP contribution in [0.3, 0.4) is 0 Å². The number of halogens is 5. The van der Waals surface area contributed by atoms with Crippen LogP contribution in [-0.2, 0) is 18.2 Å². The number of hydrogen-bond donors (Lipinski definition) is 3. The summed E-state index contributed by atoms with van der Waals surface area (Å²) in [6, 6.07) is 0. The molecule has 0 aliphatic heterocycles. The largest absolute Gasteiger partial charge is 0.505 e. The average Bonchev–Trinajstić information content (AvgIpc) is 2.41. The lowest BCUT2D eigenvalue weighted by atomic mass is 10.3. The minimum Gasteiger partial charge on any atom is -0.505 e. The lowest BCUT2D eigenvalue weighted by Crippen LogP contribution is -1.85. The van der Waals surface area contributed by atoms with E-state index in [1.54, 1.807) is 0 Å². The van der Waals surface area contributed by atoms with Crippen molar-refractivity contribution in [1.82, 2.24) is 0 Å². The van der Waals surface area contributed by atoms with Gasteiger partial charge in [-0.25, -0.2) is 0 Å². The number of phenolic OH excluding ortho intramolecular Hbond substituents is 1. The van der Waals surface area contributed by atoms with Crippen molar-refractivity contribution < 1.29 is 33.1 Å². The molecule has 0 radical (unpaired) electrons. The van der Waals surface area contributed by atoms with Gasteiger partial charge in [-0.05, 0) is 0 Å². The molecule has 0 saturated carbocycles. The summed E-state index contributed by atoms with van der Waals surface area (Å²) >= 11 is 27.9. The molecule has 0 spiro atoms. The SMILES string of the molecule is O=[PH](O)OCO[PH](=O)O.Oc1c(Cl)c(Cl)c(Cl)c(Cl)c1Cl. The minimum atomic E-state index is -3.04. The van der Waals surface area contributed by atoms with Gasteiger partial charge in [0.05, 0.1) is 15.1 Å². The zero-order chi connectivity index (χ0) is 16.7. The third kappa shape index (κ3) is 7.73. The van der Waals surface area contributed by atoms with Gasteiger partial charge in [0.2, 0.25) is 0 Å². The molecule has 0 aromatic heterocycles. The Labute approximate surface area is 145 Å². The van der Waals surface area contributed by atoms with E-state index in [1.165, 1.54) is 0 Å². The molecule has 14 heteroatoms. The first-order valence-corrected chi connectivity index (χ1v) is 8.93. The summed E-state index contributed by atoms with van der Waals surface area (Å²) in [5, 5.41) is 9.01. The predicted molar refractivity (Wildman–Crippen MR) is 82.6 cm³/mol. The van der Waals surface area contributed by atoms with Crippen LogP contribution >= 0.6 is 74.5 Å². The van der Waals surface area contributed by atoms with E-state index in [-0.39, 0.29) is 30.9 Å². The molecule has 122 valence electrons. The Kier molecular flexibility index (Phi) is 10.9. The average molecular weight is 442 g/mol. The summed E-state index contributed by atoms with van der Waals surface area (Å²) < 4.78 is 27.2. The molecule has 1 aromatic rings. The van der Waals surface area contributed by atoms with Gasteiger partial charge in [0.15, 0.2) is 12.5 Å². The first-order chi connectivity index (χ1) is 9.59. The molecule has 0 bridgehead atoms. The van der Waals surface area contributed by atoms with Crippen molar-refractivity contribution in [3.05, 3.63) is 25.1 Å². The molecular formula is C7H7Cl5O7P2. The van der Waals surface area contributed by atoms with E-state index in [4.69, 9.17) is 67.8 Å². The van der Waals surface area contributed by atoms with Crippen molar-refractivity contribution >= 4 is 74.5 Å². The summed E-state index contributed by atoms with van der Waals surface area (Å²) in [5.74, 6) is -0.363. The third-order valence-electron chi connectivity index (χ3n) is 1.55. The van der Waals surface area contributed by atoms with Crippen LogP contribution in [0.2, 0.25) is 25.1 Å². The van der Waals surface area contributed by atoms with Crippen LogP contribution in [0.4, 0.5) is 0 Å². The fourth-order valence-corrected chi connectivity index (χ4v) is 2.29. The summed E-state index contributed by atoms with van der Waals surface area (Å²) in [7, 11) is -6.08. The van der Waals surface area contributed by atoms with Crippen molar-refractivity contribution in [3.63, 3.8) is 0 Å². The Morgan fingerprint density at radius 3 is 1.33 bits per heavy atom. The molecule has 7 nitrogen and oxygen atoms in total. The first-order valence-electron chi connectivity index (χ1n) is 4.51. The predicted octanol–water partition coefficient (Wildman–Crippen LogP) is 4.40. The molecule has 1 rings (SSSR count). The number of hydrogen-bond acceptors (Lipinski definition) is 5. The molecule has 0 aliphatic carbocycles. The van der Waals surface area contributed by atoms with Gasteiger partial charge in [-0.1, -0.05) is 58.0 Å². The van der Waals surface area contributed by atoms with Crippen molar-refractivity contribution in [2.45, 2.75) is 0 Å². The standard InChI is InChI=1S/C6HCl5O.CH6O6P2/c7-1-2(8)4(10)6(12)5(11)3(1)9;2-8(3)6-1-7-9(4)5/h12H;8-9H,1H2,(H,2,3)(H,4,5). The van der Waals surface area contributed by atoms with E-state index in [0.29, 0.717) is 0 Å². The Bertz CT molecular complexity index is 436. The molecular weight excluding hydrogens is 435 g/mol. The molecule has 1 aromatic carbocycles. The van der Waals surface area contributed by atoms with Crippen molar-refractivity contribution in [1.29, 1.82) is 0 Å². The van der Waals surface area contributed by atoms with Gasteiger partial charge in [-0.2, -0.15) is 0 Å². The summed E-state index contributed by atoms with van der Waals surface area (Å²) in [6.45, 7) is -0.622. The van der Waals surface area contributed by atoms with Crippen LogP contribution in [0, 0.1) is 0 Å². The highest BCUT2D eigenvalue weighted by Crippen LogP contribution is 2.47. The molecule has 0 fully saturated rings. The Morgan fingerprint density at radius 2 is 1.05 bits per heavy atom. The fraction of sp³-hybridized carbons (Fsp3) is 0.143. The maximum Gasteiger partial charge on any atom is 0.318 e. The molecule has 0 heterocycles. The smallest absolute Gasteiger partial charge is 0.318 e. The van der Waals surface area contributed by atoms with E-state index in [0.717, 1.165) is 0 Å². The van der Waals surface area contributed by atoms with Gasteiger partial charge >= 0.3 is 16.5 Å². The molecule has 3 N–H and O–H groups in total. The summed E-state index contributed by atoms with van der Waals surface area (Å²) in [5.41, 5.74) is 0. The third-order valence-corrected chi connectivity index (χ3v) is 4.54. The second-order valence-electron chi connectivity index (χ2n) is 2.86. The second kappa shape index (κ2) is 10.5. The van der Waals surface area contributed by atoms with Crippen LogP contribution < -0.4 is 0 Å². The molecule has 2 unspecified atom stereocenters. The Hall–Kier alpha value is 0.770. The van der Waals surface area contributed by atoms with Crippen LogP contribution in [0.25, 0.3) is 0 Å². The first kappa shape index (κ1) is 21.8. The van der Waals surface area contributed by atoms with Gasteiger partial charge in [0, 0.05) is 0 Å². The van der Waals surface area contributed by atoms with Gasteiger partial charge in [-0.3, -0.25) is 18.2 Å². The van der Waals surface area contributed by atoms with Gasteiger partial charge in [0.1, 0.15) is 10.0 Å². The number of rotatable bonds is 4. The highest BCUT2D eigenvalue weighted by atomic mass is 35.5. The van der Waals surface area contributed by atoms with Crippen LogP contribution in [0.5, 0.6) is 5.75 Å². The Balaban J connectivity index is 0.000000400. The molecule has 0 saturated heterocycles. The van der Waals surface area contributed by atoms with Crippen molar-refractivity contribution in [2.24, 2.45) is 0 Å². The summed E-state index contributed by atoms with van der Waals surface area (Å²) in [4.78, 5) is 15.9. The monoisotopic (exact) mass is 440 g/mol. The van der Waals surface area contributed by atoms with Crippen LogP contribution in [0.15, 0.2) is 0 Å².